The molecule has 1 amide bonds. The zero-order valence-electron chi connectivity index (χ0n) is 17.0. The van der Waals surface area contributed by atoms with Crippen molar-refractivity contribution >= 4 is 29.3 Å². The van der Waals surface area contributed by atoms with Gasteiger partial charge in [0.1, 0.15) is 0 Å². The van der Waals surface area contributed by atoms with Crippen molar-refractivity contribution in [2.45, 2.75) is 50.2 Å². The third-order valence-electron chi connectivity index (χ3n) is 5.38. The molecule has 0 bridgehead atoms. The van der Waals surface area contributed by atoms with Crippen LogP contribution < -0.4 is 5.32 Å². The minimum absolute atomic E-state index is 0.0460. The van der Waals surface area contributed by atoms with Gasteiger partial charge in [-0.3, -0.25) is 9.36 Å². The number of aryl methyl sites for hydroxylation is 1. The molecular formula is C23H25ClN4OS. The summed E-state index contributed by atoms with van der Waals surface area (Å²) in [5.41, 5.74) is 2.85. The maximum absolute atomic E-state index is 12.5. The lowest BCUT2D eigenvalue weighted by molar-refractivity contribution is -0.119. The Hall–Kier alpha value is -2.31. The van der Waals surface area contributed by atoms with Crippen LogP contribution in [0.1, 0.15) is 37.7 Å². The van der Waals surface area contributed by atoms with Crippen LogP contribution in [0, 0.1) is 6.92 Å². The van der Waals surface area contributed by atoms with E-state index in [4.69, 9.17) is 11.6 Å². The van der Waals surface area contributed by atoms with Gasteiger partial charge in [0, 0.05) is 16.6 Å². The molecule has 1 aliphatic rings. The minimum atomic E-state index is 0.0460. The number of aromatic nitrogens is 3. The summed E-state index contributed by atoms with van der Waals surface area (Å²) < 4.78 is 1.97. The van der Waals surface area contributed by atoms with Crippen LogP contribution >= 0.6 is 23.4 Å². The molecule has 5 nitrogen and oxygen atoms in total. The van der Waals surface area contributed by atoms with E-state index in [9.17, 15) is 4.79 Å². The molecule has 0 unspecified atom stereocenters. The molecular weight excluding hydrogens is 416 g/mol. The highest BCUT2D eigenvalue weighted by atomic mass is 35.5. The number of hydrogen-bond donors (Lipinski definition) is 1. The second-order valence-electron chi connectivity index (χ2n) is 7.63. The van der Waals surface area contributed by atoms with Gasteiger partial charge in [-0.2, -0.15) is 0 Å². The number of carbonyl (C=O) groups is 1. The van der Waals surface area contributed by atoms with E-state index in [-0.39, 0.29) is 5.91 Å². The normalized spacial score (nSPS) is 14.6. The van der Waals surface area contributed by atoms with Gasteiger partial charge in [-0.25, -0.2) is 0 Å². The number of benzene rings is 2. The van der Waals surface area contributed by atoms with Crippen LogP contribution in [0.3, 0.4) is 0 Å². The maximum Gasteiger partial charge on any atom is 0.230 e. The van der Waals surface area contributed by atoms with Crippen LogP contribution in [-0.4, -0.2) is 32.5 Å². The molecule has 0 radical (unpaired) electrons. The standard InChI is InChI=1S/C23H25ClN4OS/c1-16-12-13-19(14-20(16)24)28-22(17-8-4-2-5-9-17)26-27-23(28)30-15-21(29)25-18-10-6-3-7-11-18/h2,4-5,8-9,12-14,18H,3,6-7,10-11,15H2,1H3,(H,25,29). The Morgan fingerprint density at radius 2 is 1.90 bits per heavy atom. The van der Waals surface area contributed by atoms with E-state index < -0.39 is 0 Å². The van der Waals surface area contributed by atoms with Crippen molar-refractivity contribution in [1.82, 2.24) is 20.1 Å². The van der Waals surface area contributed by atoms with Crippen molar-refractivity contribution in [3.8, 4) is 17.1 Å². The quantitative estimate of drug-likeness (QED) is 0.518. The van der Waals surface area contributed by atoms with Crippen molar-refractivity contribution in [2.75, 3.05) is 5.75 Å². The SMILES string of the molecule is Cc1ccc(-n2c(SCC(=O)NC3CCCCC3)nnc2-c2ccccc2)cc1Cl. The van der Waals surface area contributed by atoms with E-state index in [0.717, 1.165) is 35.5 Å². The smallest absolute Gasteiger partial charge is 0.230 e. The van der Waals surface area contributed by atoms with Gasteiger partial charge in [-0.1, -0.05) is 79.0 Å². The number of hydrogen-bond acceptors (Lipinski definition) is 4. The van der Waals surface area contributed by atoms with Crippen molar-refractivity contribution < 1.29 is 4.79 Å². The number of rotatable bonds is 6. The lowest BCUT2D eigenvalue weighted by Crippen LogP contribution is -2.37. The van der Waals surface area contributed by atoms with Crippen molar-refractivity contribution in [3.05, 3.63) is 59.1 Å². The first-order valence-electron chi connectivity index (χ1n) is 10.3. The number of nitrogens with zero attached hydrogens (tertiary/aromatic N) is 3. The molecule has 7 heteroatoms. The van der Waals surface area contributed by atoms with Gasteiger partial charge in [0.25, 0.3) is 0 Å². The predicted molar refractivity (Wildman–Crippen MR) is 122 cm³/mol. The summed E-state index contributed by atoms with van der Waals surface area (Å²) in [6.45, 7) is 1.97. The Kier molecular flexibility index (Phi) is 6.75. The molecule has 1 saturated carbocycles. The van der Waals surface area contributed by atoms with Gasteiger partial charge in [0.2, 0.25) is 5.91 Å². The van der Waals surface area contributed by atoms with E-state index in [0.29, 0.717) is 22.0 Å². The van der Waals surface area contributed by atoms with Crippen LogP contribution in [0.2, 0.25) is 5.02 Å². The number of nitrogens with one attached hydrogen (secondary N) is 1. The lowest BCUT2D eigenvalue weighted by Gasteiger charge is -2.22. The summed E-state index contributed by atoms with van der Waals surface area (Å²) >= 11 is 7.79. The zero-order valence-corrected chi connectivity index (χ0v) is 18.5. The van der Waals surface area contributed by atoms with Gasteiger partial charge in [-0.15, -0.1) is 10.2 Å². The molecule has 2 aromatic carbocycles. The van der Waals surface area contributed by atoms with E-state index in [1.807, 2.05) is 60.0 Å². The first-order chi connectivity index (χ1) is 14.6. The molecule has 1 N–H and O–H groups in total. The van der Waals surface area contributed by atoms with Crippen molar-refractivity contribution in [3.63, 3.8) is 0 Å². The summed E-state index contributed by atoms with van der Waals surface area (Å²) in [4.78, 5) is 12.5. The molecule has 0 saturated heterocycles. The van der Waals surface area contributed by atoms with E-state index in [2.05, 4.69) is 15.5 Å². The molecule has 4 rings (SSSR count). The molecule has 1 fully saturated rings. The fourth-order valence-corrected chi connectivity index (χ4v) is 4.68. The third-order valence-corrected chi connectivity index (χ3v) is 6.72. The van der Waals surface area contributed by atoms with Gasteiger partial charge >= 0.3 is 0 Å². The number of amides is 1. The summed E-state index contributed by atoms with van der Waals surface area (Å²) in [7, 11) is 0. The maximum atomic E-state index is 12.5. The fourth-order valence-electron chi connectivity index (χ4n) is 3.74. The van der Waals surface area contributed by atoms with Gasteiger partial charge in [-0.05, 0) is 37.5 Å². The molecule has 30 heavy (non-hydrogen) atoms. The van der Waals surface area contributed by atoms with Gasteiger partial charge in [0.15, 0.2) is 11.0 Å². The summed E-state index contributed by atoms with van der Waals surface area (Å²) in [6, 6.07) is 16.1. The second-order valence-corrected chi connectivity index (χ2v) is 8.98. The first kappa shape index (κ1) is 20.9. The van der Waals surface area contributed by atoms with Crippen molar-refractivity contribution in [2.24, 2.45) is 0 Å². The molecule has 1 aromatic heterocycles. The Morgan fingerprint density at radius 1 is 1.13 bits per heavy atom. The van der Waals surface area contributed by atoms with E-state index in [1.54, 1.807) is 0 Å². The van der Waals surface area contributed by atoms with Crippen LogP contribution in [0.25, 0.3) is 17.1 Å². The molecule has 1 heterocycles. The zero-order chi connectivity index (χ0) is 20.9. The highest BCUT2D eigenvalue weighted by Crippen LogP contribution is 2.30. The Morgan fingerprint density at radius 3 is 2.63 bits per heavy atom. The average Bonchev–Trinajstić information content (AvgIpc) is 3.19. The van der Waals surface area contributed by atoms with Gasteiger partial charge < -0.3 is 5.32 Å². The monoisotopic (exact) mass is 440 g/mol. The largest absolute Gasteiger partial charge is 0.353 e. The highest BCUT2D eigenvalue weighted by molar-refractivity contribution is 7.99. The Balaban J connectivity index is 1.58. The Bertz CT molecular complexity index is 1020. The van der Waals surface area contributed by atoms with Gasteiger partial charge in [0.05, 0.1) is 11.4 Å². The number of carbonyl (C=O) groups excluding carboxylic acids is 1. The summed E-state index contributed by atoms with van der Waals surface area (Å²) in [6.07, 6.45) is 5.81. The molecule has 0 aliphatic heterocycles. The van der Waals surface area contributed by atoms with E-state index >= 15 is 0 Å². The molecule has 0 spiro atoms. The van der Waals surface area contributed by atoms with E-state index in [1.165, 1.54) is 31.0 Å². The topological polar surface area (TPSA) is 59.8 Å². The fraction of sp³-hybridized carbons (Fsp3) is 0.348. The van der Waals surface area contributed by atoms with Crippen molar-refractivity contribution in [1.29, 1.82) is 0 Å². The molecule has 0 atom stereocenters. The van der Waals surface area contributed by atoms with Crippen LogP contribution in [-0.2, 0) is 4.79 Å². The Labute approximate surface area is 186 Å². The predicted octanol–water partition coefficient (Wildman–Crippen LogP) is 5.44. The first-order valence-corrected chi connectivity index (χ1v) is 11.7. The lowest BCUT2D eigenvalue weighted by atomic mass is 9.95. The van der Waals surface area contributed by atoms with Crippen LogP contribution in [0.15, 0.2) is 53.7 Å². The number of halogens is 1. The second kappa shape index (κ2) is 9.67. The summed E-state index contributed by atoms with van der Waals surface area (Å²) in [5.74, 6) is 1.08. The average molecular weight is 441 g/mol. The van der Waals surface area contributed by atoms with Crippen LogP contribution in [0.5, 0.6) is 0 Å². The third kappa shape index (κ3) is 4.87. The molecule has 1 aliphatic carbocycles. The molecule has 3 aromatic rings. The van der Waals surface area contributed by atoms with Crippen LogP contribution in [0.4, 0.5) is 0 Å². The summed E-state index contributed by atoms with van der Waals surface area (Å²) in [5, 5.41) is 13.3. The molecule has 156 valence electrons. The number of thioether (sulfide) groups is 1. The highest BCUT2D eigenvalue weighted by Gasteiger charge is 2.19. The minimum Gasteiger partial charge on any atom is -0.353 e.